The molecule has 0 unspecified atom stereocenters. The highest BCUT2D eigenvalue weighted by molar-refractivity contribution is 6.01. The SMILES string of the molecule is Cc1nn(CO)c(C)c1-c1ccc(NC(=O)[C@@H](NC(=O)c2ccnn2C(C)C)C(C2CC2)C2CC2)cc1. The summed E-state index contributed by atoms with van der Waals surface area (Å²) in [7, 11) is 0. The van der Waals surface area contributed by atoms with Crippen LogP contribution in [0.3, 0.4) is 0 Å². The van der Waals surface area contributed by atoms with Crippen LogP contribution in [0, 0.1) is 31.6 Å². The van der Waals surface area contributed by atoms with Crippen molar-refractivity contribution in [1.29, 1.82) is 0 Å². The molecule has 2 saturated carbocycles. The molecule has 0 saturated heterocycles. The lowest BCUT2D eigenvalue weighted by molar-refractivity contribution is -0.119. The van der Waals surface area contributed by atoms with Crippen LogP contribution in [0.4, 0.5) is 5.69 Å². The fourth-order valence-corrected chi connectivity index (χ4v) is 5.54. The number of hydrogen-bond donors (Lipinski definition) is 3. The summed E-state index contributed by atoms with van der Waals surface area (Å²) >= 11 is 0. The number of amides is 2. The van der Waals surface area contributed by atoms with E-state index in [9.17, 15) is 14.7 Å². The standard InChI is InChI=1S/C28H36N6O3/c1-16(2)34-23(13-14-29-34)27(36)31-26(25(20-5-6-20)21-7-8-21)28(37)30-22-11-9-19(10-12-22)24-17(3)32-33(15-35)18(24)4/h9-14,16,20-21,25-26,35H,5-8,15H2,1-4H3,(H,30,37)(H,31,36)/t26-/m0/s1. The first-order valence-electron chi connectivity index (χ1n) is 13.2. The average molecular weight is 505 g/mol. The van der Waals surface area contributed by atoms with E-state index in [4.69, 9.17) is 0 Å². The Hall–Kier alpha value is -3.46. The molecule has 2 heterocycles. The van der Waals surface area contributed by atoms with E-state index in [-0.39, 0.29) is 30.5 Å². The Bertz CT molecular complexity index is 1270. The molecule has 196 valence electrons. The van der Waals surface area contributed by atoms with Crippen molar-refractivity contribution in [1.82, 2.24) is 24.9 Å². The lowest BCUT2D eigenvalue weighted by Crippen LogP contribution is -2.50. The number of aromatic nitrogens is 4. The molecule has 0 aliphatic heterocycles. The largest absolute Gasteiger partial charge is 0.374 e. The minimum atomic E-state index is -0.602. The summed E-state index contributed by atoms with van der Waals surface area (Å²) in [6, 6.07) is 8.78. The Morgan fingerprint density at radius 1 is 1.05 bits per heavy atom. The molecule has 2 aromatic heterocycles. The molecule has 3 N–H and O–H groups in total. The van der Waals surface area contributed by atoms with Gasteiger partial charge in [-0.1, -0.05) is 12.1 Å². The smallest absolute Gasteiger partial charge is 0.270 e. The van der Waals surface area contributed by atoms with Crippen molar-refractivity contribution in [2.24, 2.45) is 17.8 Å². The summed E-state index contributed by atoms with van der Waals surface area (Å²) in [5, 5.41) is 24.3. The first kappa shape index (κ1) is 25.2. The Labute approximate surface area is 217 Å². The van der Waals surface area contributed by atoms with Crippen LogP contribution >= 0.6 is 0 Å². The maximum Gasteiger partial charge on any atom is 0.270 e. The molecule has 2 fully saturated rings. The molecule has 1 aromatic carbocycles. The fraction of sp³-hybridized carbons (Fsp3) is 0.500. The fourth-order valence-electron chi connectivity index (χ4n) is 5.54. The predicted molar refractivity (Wildman–Crippen MR) is 141 cm³/mol. The zero-order valence-corrected chi connectivity index (χ0v) is 21.9. The number of aliphatic hydroxyl groups excluding tert-OH is 1. The summed E-state index contributed by atoms with van der Waals surface area (Å²) in [6.45, 7) is 7.63. The van der Waals surface area contributed by atoms with Gasteiger partial charge in [-0.3, -0.25) is 14.3 Å². The summed E-state index contributed by atoms with van der Waals surface area (Å²) in [4.78, 5) is 27.0. The van der Waals surface area contributed by atoms with Gasteiger partial charge in [-0.2, -0.15) is 10.2 Å². The predicted octanol–water partition coefficient (Wildman–Crippen LogP) is 4.07. The van der Waals surface area contributed by atoms with Gasteiger partial charge in [-0.05, 0) is 94.9 Å². The number of carbonyl (C=O) groups excluding carboxylic acids is 2. The van der Waals surface area contributed by atoms with Gasteiger partial charge >= 0.3 is 0 Å². The first-order valence-corrected chi connectivity index (χ1v) is 13.2. The van der Waals surface area contributed by atoms with E-state index in [0.717, 1.165) is 48.2 Å². The maximum absolute atomic E-state index is 13.7. The highest BCUT2D eigenvalue weighted by atomic mass is 16.3. The van der Waals surface area contributed by atoms with Crippen LogP contribution in [-0.2, 0) is 11.5 Å². The summed E-state index contributed by atoms with van der Waals surface area (Å²) in [6.07, 6.45) is 6.07. The van der Waals surface area contributed by atoms with Crippen molar-refractivity contribution in [3.05, 3.63) is 53.6 Å². The molecule has 5 rings (SSSR count). The van der Waals surface area contributed by atoms with Gasteiger partial charge in [0.05, 0.1) is 5.69 Å². The lowest BCUT2D eigenvalue weighted by Gasteiger charge is -2.28. The Kier molecular flexibility index (Phi) is 6.90. The molecule has 1 atom stereocenters. The van der Waals surface area contributed by atoms with Crippen LogP contribution in [-0.4, -0.2) is 42.5 Å². The normalized spacial score (nSPS) is 16.3. The highest BCUT2D eigenvalue weighted by Gasteiger charge is 2.48. The molecular weight excluding hydrogens is 468 g/mol. The number of carbonyl (C=O) groups is 2. The third-order valence-electron chi connectivity index (χ3n) is 7.64. The van der Waals surface area contributed by atoms with E-state index in [1.165, 1.54) is 0 Å². The number of aliphatic hydroxyl groups is 1. The second kappa shape index (κ2) is 10.1. The van der Waals surface area contributed by atoms with Crippen molar-refractivity contribution in [2.75, 3.05) is 5.32 Å². The second-order valence-electron chi connectivity index (χ2n) is 10.7. The van der Waals surface area contributed by atoms with Crippen molar-refractivity contribution in [3.63, 3.8) is 0 Å². The second-order valence-corrected chi connectivity index (χ2v) is 10.7. The molecule has 9 heteroatoms. The molecule has 2 aliphatic rings. The molecule has 0 bridgehead atoms. The third kappa shape index (κ3) is 5.18. The van der Waals surface area contributed by atoms with E-state index in [1.54, 1.807) is 21.6 Å². The van der Waals surface area contributed by atoms with Gasteiger partial charge in [-0.25, -0.2) is 4.68 Å². The van der Waals surface area contributed by atoms with Crippen LogP contribution in [0.1, 0.15) is 67.4 Å². The molecule has 9 nitrogen and oxygen atoms in total. The number of aryl methyl sites for hydroxylation is 1. The van der Waals surface area contributed by atoms with Gasteiger partial charge in [0.1, 0.15) is 18.5 Å². The zero-order valence-electron chi connectivity index (χ0n) is 21.9. The van der Waals surface area contributed by atoms with Crippen LogP contribution in [0.25, 0.3) is 11.1 Å². The van der Waals surface area contributed by atoms with E-state index in [2.05, 4.69) is 20.8 Å². The Morgan fingerprint density at radius 2 is 1.70 bits per heavy atom. The summed E-state index contributed by atoms with van der Waals surface area (Å²) < 4.78 is 3.25. The van der Waals surface area contributed by atoms with Crippen LogP contribution in [0.5, 0.6) is 0 Å². The number of rotatable bonds is 10. The van der Waals surface area contributed by atoms with Crippen molar-refractivity contribution < 1.29 is 14.7 Å². The van der Waals surface area contributed by atoms with Gasteiger partial charge < -0.3 is 15.7 Å². The van der Waals surface area contributed by atoms with E-state index >= 15 is 0 Å². The van der Waals surface area contributed by atoms with E-state index in [1.807, 2.05) is 52.0 Å². The first-order chi connectivity index (χ1) is 17.8. The average Bonchev–Trinajstić information content (AvgIpc) is 3.81. The monoisotopic (exact) mass is 504 g/mol. The van der Waals surface area contributed by atoms with Gasteiger partial charge in [0.25, 0.3) is 5.91 Å². The number of anilines is 1. The zero-order chi connectivity index (χ0) is 26.3. The van der Waals surface area contributed by atoms with E-state index in [0.29, 0.717) is 23.2 Å². The van der Waals surface area contributed by atoms with Crippen molar-refractivity contribution >= 4 is 17.5 Å². The molecule has 2 amide bonds. The van der Waals surface area contributed by atoms with Crippen LogP contribution in [0.2, 0.25) is 0 Å². The number of hydrogen-bond acceptors (Lipinski definition) is 5. The minimum absolute atomic E-state index is 0.0426. The number of nitrogens with zero attached hydrogens (tertiary/aromatic N) is 4. The molecule has 37 heavy (non-hydrogen) atoms. The Balaban J connectivity index is 1.36. The van der Waals surface area contributed by atoms with Crippen molar-refractivity contribution in [2.45, 2.75) is 72.2 Å². The maximum atomic E-state index is 13.7. The van der Waals surface area contributed by atoms with Gasteiger partial charge in [0.15, 0.2) is 0 Å². The third-order valence-corrected chi connectivity index (χ3v) is 7.64. The molecule has 0 spiro atoms. The topological polar surface area (TPSA) is 114 Å². The molecule has 2 aliphatic carbocycles. The molecular formula is C28H36N6O3. The molecule has 3 aromatic rings. The minimum Gasteiger partial charge on any atom is -0.374 e. The highest BCUT2D eigenvalue weighted by Crippen LogP contribution is 2.51. The van der Waals surface area contributed by atoms with Gasteiger partial charge in [-0.15, -0.1) is 0 Å². The molecule has 0 radical (unpaired) electrons. The number of nitrogens with one attached hydrogen (secondary N) is 2. The van der Waals surface area contributed by atoms with Gasteiger partial charge in [0.2, 0.25) is 5.91 Å². The van der Waals surface area contributed by atoms with Gasteiger partial charge in [0, 0.05) is 29.2 Å². The van der Waals surface area contributed by atoms with Crippen LogP contribution < -0.4 is 10.6 Å². The van der Waals surface area contributed by atoms with Crippen molar-refractivity contribution in [3.8, 4) is 11.1 Å². The lowest BCUT2D eigenvalue weighted by atomic mass is 9.88. The summed E-state index contributed by atoms with van der Waals surface area (Å²) in [5.41, 5.74) is 4.81. The quantitative estimate of drug-likeness (QED) is 0.385. The Morgan fingerprint density at radius 3 is 2.24 bits per heavy atom. The number of benzene rings is 1. The van der Waals surface area contributed by atoms with E-state index < -0.39 is 6.04 Å². The van der Waals surface area contributed by atoms with Crippen LogP contribution in [0.15, 0.2) is 36.5 Å². The summed E-state index contributed by atoms with van der Waals surface area (Å²) in [5.74, 6) is 0.666.